The van der Waals surface area contributed by atoms with Gasteiger partial charge in [-0.1, -0.05) is 29.8 Å². The molecule has 1 fully saturated rings. The SMILES string of the molecule is O=C(c1cccc(S(=O)(=O)Nc2cccc(Cl)c2)c1)N1CCCC1c1ccccn1. The molecule has 4 rings (SSSR count). The van der Waals surface area contributed by atoms with Crippen molar-refractivity contribution in [1.82, 2.24) is 9.88 Å². The molecule has 0 spiro atoms. The fourth-order valence-corrected chi connectivity index (χ4v) is 4.90. The molecule has 1 aliphatic heterocycles. The highest BCUT2D eigenvalue weighted by atomic mass is 35.5. The van der Waals surface area contributed by atoms with Gasteiger partial charge >= 0.3 is 0 Å². The third-order valence-corrected chi connectivity index (χ3v) is 6.63. The molecule has 8 heteroatoms. The van der Waals surface area contributed by atoms with Gasteiger partial charge in [0, 0.05) is 23.3 Å². The summed E-state index contributed by atoms with van der Waals surface area (Å²) in [6, 6.07) is 18.1. The second-order valence-electron chi connectivity index (χ2n) is 7.05. The van der Waals surface area contributed by atoms with E-state index in [0.29, 0.717) is 22.8 Å². The topological polar surface area (TPSA) is 79.4 Å². The first kappa shape index (κ1) is 20.4. The Morgan fingerprint density at radius 1 is 1.07 bits per heavy atom. The Morgan fingerprint density at radius 2 is 1.90 bits per heavy atom. The van der Waals surface area contributed by atoms with E-state index in [0.717, 1.165) is 18.5 Å². The van der Waals surface area contributed by atoms with Gasteiger partial charge in [0.15, 0.2) is 0 Å². The van der Waals surface area contributed by atoms with Crippen LogP contribution in [-0.2, 0) is 10.0 Å². The molecule has 0 radical (unpaired) electrons. The quantitative estimate of drug-likeness (QED) is 0.631. The number of amides is 1. The number of rotatable bonds is 5. The molecule has 1 aromatic heterocycles. The predicted molar refractivity (Wildman–Crippen MR) is 116 cm³/mol. The highest BCUT2D eigenvalue weighted by molar-refractivity contribution is 7.92. The fourth-order valence-electron chi connectivity index (χ4n) is 3.62. The highest BCUT2D eigenvalue weighted by Gasteiger charge is 2.31. The maximum Gasteiger partial charge on any atom is 0.261 e. The molecule has 6 nitrogen and oxygen atoms in total. The average Bonchev–Trinajstić information content (AvgIpc) is 3.23. The summed E-state index contributed by atoms with van der Waals surface area (Å²) >= 11 is 5.93. The van der Waals surface area contributed by atoms with Gasteiger partial charge in [-0.25, -0.2) is 8.42 Å². The van der Waals surface area contributed by atoms with Gasteiger partial charge in [0.05, 0.1) is 22.3 Å². The summed E-state index contributed by atoms with van der Waals surface area (Å²) in [6.07, 6.45) is 3.42. The second-order valence-corrected chi connectivity index (χ2v) is 9.17. The number of hydrogen-bond donors (Lipinski definition) is 1. The third-order valence-electron chi connectivity index (χ3n) is 5.01. The highest BCUT2D eigenvalue weighted by Crippen LogP contribution is 2.32. The Hall–Kier alpha value is -2.90. The number of aromatic nitrogens is 1. The number of pyridine rings is 1. The lowest BCUT2D eigenvalue weighted by molar-refractivity contribution is 0.0732. The summed E-state index contributed by atoms with van der Waals surface area (Å²) in [5.41, 5.74) is 1.52. The number of anilines is 1. The first-order valence-corrected chi connectivity index (χ1v) is 11.4. The summed E-state index contributed by atoms with van der Waals surface area (Å²) < 4.78 is 28.1. The zero-order valence-corrected chi connectivity index (χ0v) is 17.6. The summed E-state index contributed by atoms with van der Waals surface area (Å²) in [4.78, 5) is 19.3. The van der Waals surface area contributed by atoms with Crippen molar-refractivity contribution in [1.29, 1.82) is 0 Å². The number of hydrogen-bond acceptors (Lipinski definition) is 4. The Kier molecular flexibility index (Phi) is 5.74. The van der Waals surface area contributed by atoms with Gasteiger partial charge in [0.1, 0.15) is 0 Å². The zero-order valence-electron chi connectivity index (χ0n) is 16.0. The van der Waals surface area contributed by atoms with Crippen molar-refractivity contribution in [3.05, 3.63) is 89.2 Å². The maximum absolute atomic E-state index is 13.2. The molecule has 0 bridgehead atoms. The van der Waals surface area contributed by atoms with E-state index in [9.17, 15) is 13.2 Å². The summed E-state index contributed by atoms with van der Waals surface area (Å²) in [7, 11) is -3.87. The van der Waals surface area contributed by atoms with Crippen LogP contribution in [0, 0.1) is 0 Å². The van der Waals surface area contributed by atoms with Crippen LogP contribution in [-0.4, -0.2) is 30.8 Å². The van der Waals surface area contributed by atoms with Crippen LogP contribution in [0.15, 0.2) is 77.8 Å². The lowest BCUT2D eigenvalue weighted by atomic mass is 10.1. The first-order chi connectivity index (χ1) is 14.4. The lowest BCUT2D eigenvalue weighted by Crippen LogP contribution is -2.31. The van der Waals surface area contributed by atoms with Crippen LogP contribution in [0.25, 0.3) is 0 Å². The Labute approximate surface area is 180 Å². The molecule has 1 saturated heterocycles. The molecule has 0 aliphatic carbocycles. The van der Waals surface area contributed by atoms with Gasteiger partial charge in [-0.05, 0) is 61.4 Å². The minimum atomic E-state index is -3.87. The molecule has 1 aliphatic rings. The number of halogens is 1. The van der Waals surface area contributed by atoms with Crippen LogP contribution >= 0.6 is 11.6 Å². The molecule has 30 heavy (non-hydrogen) atoms. The van der Waals surface area contributed by atoms with Crippen LogP contribution in [0.2, 0.25) is 5.02 Å². The lowest BCUT2D eigenvalue weighted by Gasteiger charge is -2.24. The van der Waals surface area contributed by atoms with Crippen LogP contribution in [0.5, 0.6) is 0 Å². The van der Waals surface area contributed by atoms with Gasteiger partial charge in [0.2, 0.25) is 0 Å². The van der Waals surface area contributed by atoms with Crippen LogP contribution in [0.3, 0.4) is 0 Å². The van der Waals surface area contributed by atoms with Crippen molar-refractivity contribution in [3.8, 4) is 0 Å². The summed E-state index contributed by atoms with van der Waals surface area (Å²) in [5.74, 6) is -0.206. The Balaban J connectivity index is 1.59. The van der Waals surface area contributed by atoms with Crippen molar-refractivity contribution in [2.45, 2.75) is 23.8 Å². The van der Waals surface area contributed by atoms with Crippen molar-refractivity contribution in [3.63, 3.8) is 0 Å². The molecule has 0 saturated carbocycles. The van der Waals surface area contributed by atoms with Gasteiger partial charge in [0.25, 0.3) is 15.9 Å². The van der Waals surface area contributed by atoms with Gasteiger partial charge < -0.3 is 4.90 Å². The largest absolute Gasteiger partial charge is 0.330 e. The van der Waals surface area contributed by atoms with Crippen LogP contribution in [0.1, 0.15) is 34.9 Å². The molecular weight excluding hydrogens is 422 g/mol. The number of benzene rings is 2. The van der Waals surface area contributed by atoms with Crippen molar-refractivity contribution >= 4 is 33.2 Å². The van der Waals surface area contributed by atoms with Crippen LogP contribution < -0.4 is 4.72 Å². The van der Waals surface area contributed by atoms with E-state index in [1.807, 2.05) is 18.2 Å². The zero-order chi connectivity index (χ0) is 21.1. The average molecular weight is 442 g/mol. The molecule has 1 amide bonds. The number of nitrogens with zero attached hydrogens (tertiary/aromatic N) is 2. The van der Waals surface area contributed by atoms with Crippen molar-refractivity contribution in [2.24, 2.45) is 0 Å². The minimum absolute atomic E-state index is 0.0157. The molecule has 154 valence electrons. The number of sulfonamides is 1. The number of carbonyl (C=O) groups excluding carboxylic acids is 1. The molecular formula is C22H20ClN3O3S. The molecule has 1 N–H and O–H groups in total. The van der Waals surface area contributed by atoms with Crippen molar-refractivity contribution in [2.75, 3.05) is 11.3 Å². The monoisotopic (exact) mass is 441 g/mol. The number of carbonyl (C=O) groups is 1. The third kappa shape index (κ3) is 4.32. The van der Waals surface area contributed by atoms with E-state index >= 15 is 0 Å². The predicted octanol–water partition coefficient (Wildman–Crippen LogP) is 4.51. The van der Waals surface area contributed by atoms with Crippen molar-refractivity contribution < 1.29 is 13.2 Å². The van der Waals surface area contributed by atoms with E-state index in [1.165, 1.54) is 18.2 Å². The van der Waals surface area contributed by atoms with E-state index in [2.05, 4.69) is 9.71 Å². The molecule has 1 atom stereocenters. The fraction of sp³-hybridized carbons (Fsp3) is 0.182. The van der Waals surface area contributed by atoms with Gasteiger partial charge in [-0.15, -0.1) is 0 Å². The smallest absolute Gasteiger partial charge is 0.261 e. The summed E-state index contributed by atoms with van der Waals surface area (Å²) in [6.45, 7) is 0.609. The number of nitrogens with one attached hydrogen (secondary N) is 1. The number of likely N-dealkylation sites (tertiary alicyclic amines) is 1. The minimum Gasteiger partial charge on any atom is -0.330 e. The van der Waals surface area contributed by atoms with E-state index in [4.69, 9.17) is 11.6 Å². The van der Waals surface area contributed by atoms with Gasteiger partial charge in [-0.3, -0.25) is 14.5 Å². The van der Waals surface area contributed by atoms with Crippen LogP contribution in [0.4, 0.5) is 5.69 Å². The van der Waals surface area contributed by atoms with Gasteiger partial charge in [-0.2, -0.15) is 0 Å². The van der Waals surface area contributed by atoms with E-state index in [1.54, 1.807) is 41.4 Å². The second kappa shape index (κ2) is 8.45. The first-order valence-electron chi connectivity index (χ1n) is 9.54. The standard InChI is InChI=1S/C22H20ClN3O3S/c23-17-7-4-8-18(15-17)25-30(28,29)19-9-3-6-16(14-19)22(27)26-13-5-11-21(26)20-10-1-2-12-24-20/h1-4,6-10,12,14-15,21,25H,5,11,13H2. The molecule has 3 aromatic rings. The molecule has 2 heterocycles. The van der Waals surface area contributed by atoms with E-state index < -0.39 is 10.0 Å². The molecule has 2 aromatic carbocycles. The maximum atomic E-state index is 13.2. The Morgan fingerprint density at radius 3 is 2.67 bits per heavy atom. The normalized spacial score (nSPS) is 16.4. The van der Waals surface area contributed by atoms with E-state index in [-0.39, 0.29) is 16.8 Å². The summed E-state index contributed by atoms with van der Waals surface area (Å²) in [5, 5.41) is 0.425. The Bertz CT molecular complexity index is 1170. The molecule has 1 unspecified atom stereocenters.